The molecule has 4 saturated heterocycles. The highest BCUT2D eigenvalue weighted by atomic mass is 32.2. The summed E-state index contributed by atoms with van der Waals surface area (Å²) in [4.78, 5) is 64.7. The van der Waals surface area contributed by atoms with Gasteiger partial charge in [-0.1, -0.05) is 55.4 Å². The molecule has 7 aromatic rings. The molecule has 444 valence electrons. The summed E-state index contributed by atoms with van der Waals surface area (Å²) in [6.45, 7) is 16.4. The van der Waals surface area contributed by atoms with Crippen molar-refractivity contribution in [1.82, 2.24) is 45.1 Å². The number of hydrogen-bond donors (Lipinski definition) is 3. The van der Waals surface area contributed by atoms with E-state index in [1.165, 1.54) is 11.1 Å². The quantitative estimate of drug-likeness (QED) is 0.0544. The van der Waals surface area contributed by atoms with Crippen LogP contribution in [0.4, 0.5) is 24.5 Å². The molecule has 3 N–H and O–H groups in total. The molecule has 11 rings (SSSR count). The molecule has 4 fully saturated rings. The van der Waals surface area contributed by atoms with Crippen molar-refractivity contribution in [3.8, 4) is 21.6 Å². The van der Waals surface area contributed by atoms with Gasteiger partial charge in [0.05, 0.1) is 57.3 Å². The summed E-state index contributed by atoms with van der Waals surface area (Å²) in [5.74, 6) is -3.96. The Morgan fingerprint density at radius 2 is 1.63 bits per heavy atom. The Bertz CT molecular complexity index is 3550. The first-order chi connectivity index (χ1) is 40.3. The number of aromatic nitrogens is 4. The van der Waals surface area contributed by atoms with Gasteiger partial charge in [-0.15, -0.1) is 11.3 Å². The van der Waals surface area contributed by atoms with E-state index in [9.17, 15) is 32.6 Å². The molecular weight excluding hydrogens is 1120 g/mol. The summed E-state index contributed by atoms with van der Waals surface area (Å²) >= 11 is -1.50. The molecule has 4 aliphatic heterocycles. The highest BCUT2D eigenvalue weighted by Gasteiger charge is 2.48. The Labute approximate surface area is 492 Å². The molecule has 4 aromatic heterocycles. The Hall–Kier alpha value is -6.86. The van der Waals surface area contributed by atoms with E-state index in [0.29, 0.717) is 44.9 Å². The van der Waals surface area contributed by atoms with Crippen LogP contribution in [0.25, 0.3) is 32.6 Å². The maximum atomic E-state index is 16.1. The summed E-state index contributed by atoms with van der Waals surface area (Å²) < 4.78 is 76.4. The number of piperidine rings is 1. The number of β-amino-alcohol motifs (C(OH)–C–C–N with tert-alkyl or cyclic N) is 1. The smallest absolute Gasteiger partial charge is 0.243 e. The SMILES string of the molecule is Cc1cc([C@H](C(=O)N2C[C@H](O)C[C@H]2C(=O)N[C@@H](C)c2ccc(-c3scnc3C)cc2)C(C)(C)CN2CCN(CC3CCN(c4ccc(-c5cnc6[nH]cc(C(=O)c7c(F)ccc(N(N8CC[C@@H](F)C8)S(=O)[O-])c7F)c6c5)cc4)CC3)CC2)on1. The van der Waals surface area contributed by atoms with Crippen LogP contribution in [-0.4, -0.2) is 162 Å². The average Bonchev–Trinajstić information content (AvgIpc) is 2.82. The number of aryl methyl sites for hydroxylation is 2. The van der Waals surface area contributed by atoms with Crippen molar-refractivity contribution >= 4 is 62.6 Å². The monoisotopic (exact) mass is 1190 g/mol. The van der Waals surface area contributed by atoms with E-state index < -0.39 is 69.6 Å². The number of carbonyl (C=O) groups excluding carboxylic acids is 3. The molecule has 23 heteroatoms. The van der Waals surface area contributed by atoms with Crippen molar-refractivity contribution < 1.29 is 45.9 Å². The maximum absolute atomic E-state index is 16.1. The minimum atomic E-state index is -3.08. The second-order valence-corrected chi connectivity index (χ2v) is 25.2. The van der Waals surface area contributed by atoms with E-state index in [0.717, 1.165) is 109 Å². The molecule has 0 aliphatic carbocycles. The topological polar surface area (TPSA) is 211 Å². The summed E-state index contributed by atoms with van der Waals surface area (Å²) in [7, 11) is 0. The standard InChI is InChI=1S/C61H70F3N11O7S2/c1-36-26-52(82-69-36)54(60(79)74-33-46(76)28-51(74)59(78)68-37(2)40-6-8-42(9-7-40)57-38(3)67-35-83-57)61(4,5)34-71-24-22-70(23-25-71)31-39-16-19-72(20-17-39)45-12-10-41(11-13-45)43-27-47-48(30-66-58(47)65-29-43)56(77)53-49(63)14-15-50(55(53)64)75(84(80)81)73-21-18-44(62)32-73/h6-15,26-27,29-30,35,37,39,44,46,51,54,76H,16-25,28,31-34H2,1-5H3,(H,65,66)(H,68,78)(H,80,81)/p-1/t37-,44+,46+,51-,54+/m0/s1. The lowest BCUT2D eigenvalue weighted by molar-refractivity contribution is -0.143. The lowest BCUT2D eigenvalue weighted by atomic mass is 9.75. The van der Waals surface area contributed by atoms with Crippen molar-refractivity contribution in [3.63, 3.8) is 0 Å². The predicted molar refractivity (Wildman–Crippen MR) is 314 cm³/mol. The molecule has 0 radical (unpaired) electrons. The molecule has 6 atom stereocenters. The van der Waals surface area contributed by atoms with Crippen LogP contribution in [-0.2, 0) is 20.9 Å². The number of anilines is 2. The minimum Gasteiger partial charge on any atom is -0.754 e. The molecular formula is C61H69F3N11O7S2-. The minimum absolute atomic E-state index is 0.0109. The number of H-pyrrole nitrogens is 1. The molecule has 1 unspecified atom stereocenters. The second kappa shape index (κ2) is 24.6. The van der Waals surface area contributed by atoms with Gasteiger partial charge in [-0.2, -0.15) is 0 Å². The van der Waals surface area contributed by atoms with Gasteiger partial charge in [0.2, 0.25) is 17.6 Å². The number of aliphatic hydroxyl groups excluding tert-OH is 1. The van der Waals surface area contributed by atoms with E-state index in [1.807, 2.05) is 62.7 Å². The van der Waals surface area contributed by atoms with Crippen LogP contribution in [0.1, 0.15) is 97.0 Å². The Kier molecular flexibility index (Phi) is 17.3. The van der Waals surface area contributed by atoms with E-state index in [-0.39, 0.29) is 55.9 Å². The summed E-state index contributed by atoms with van der Waals surface area (Å²) in [6.07, 6.45) is 3.01. The zero-order valence-corrected chi connectivity index (χ0v) is 49.2. The number of hydrogen-bond acceptors (Lipinski definition) is 15. The van der Waals surface area contributed by atoms with E-state index in [2.05, 4.69) is 66.1 Å². The van der Waals surface area contributed by atoms with Gasteiger partial charge in [-0.05, 0) is 98.4 Å². The van der Waals surface area contributed by atoms with Gasteiger partial charge in [0, 0.05) is 113 Å². The van der Waals surface area contributed by atoms with Crippen LogP contribution in [0.15, 0.2) is 95.2 Å². The number of rotatable bonds is 18. The van der Waals surface area contributed by atoms with Crippen molar-refractivity contribution in [2.24, 2.45) is 11.3 Å². The largest absolute Gasteiger partial charge is 0.754 e. The van der Waals surface area contributed by atoms with Crippen molar-refractivity contribution in [2.75, 3.05) is 81.3 Å². The van der Waals surface area contributed by atoms with Crippen molar-refractivity contribution in [3.05, 3.63) is 136 Å². The van der Waals surface area contributed by atoms with Crippen LogP contribution < -0.4 is 14.6 Å². The third-order valence-corrected chi connectivity index (χ3v) is 18.9. The summed E-state index contributed by atoms with van der Waals surface area (Å²) in [6, 6.07) is 20.2. The Morgan fingerprint density at radius 3 is 2.29 bits per heavy atom. The second-order valence-electron chi connectivity index (χ2n) is 23.6. The normalized spacial score (nSPS) is 20.6. The van der Waals surface area contributed by atoms with Crippen LogP contribution >= 0.6 is 11.3 Å². The summed E-state index contributed by atoms with van der Waals surface area (Å²) in [5, 5.41) is 19.7. The van der Waals surface area contributed by atoms with E-state index in [1.54, 1.807) is 29.7 Å². The highest BCUT2D eigenvalue weighted by molar-refractivity contribution is 7.80. The number of alkyl halides is 1. The van der Waals surface area contributed by atoms with Crippen LogP contribution in [0, 0.1) is 36.8 Å². The average molecular weight is 1190 g/mol. The van der Waals surface area contributed by atoms with Gasteiger partial charge in [-0.3, -0.25) is 18.6 Å². The number of aliphatic hydroxyl groups is 1. The molecule has 0 bridgehead atoms. The number of halogens is 3. The first-order valence-electron chi connectivity index (χ1n) is 28.6. The molecule has 0 saturated carbocycles. The maximum Gasteiger partial charge on any atom is 0.243 e. The Balaban J connectivity index is 0.677. The van der Waals surface area contributed by atoms with Crippen LogP contribution in [0.2, 0.25) is 0 Å². The van der Waals surface area contributed by atoms with Crippen LogP contribution in [0.5, 0.6) is 0 Å². The number of pyridine rings is 1. The number of likely N-dealkylation sites (tertiary alicyclic amines) is 1. The number of hydrazine groups is 1. The van der Waals surface area contributed by atoms with Gasteiger partial charge in [0.25, 0.3) is 0 Å². The molecule has 2 amide bonds. The molecule has 3 aromatic carbocycles. The van der Waals surface area contributed by atoms with Crippen molar-refractivity contribution in [2.45, 2.75) is 90.6 Å². The summed E-state index contributed by atoms with van der Waals surface area (Å²) in [5.41, 5.74) is 6.08. The van der Waals surface area contributed by atoms with E-state index in [4.69, 9.17) is 4.52 Å². The van der Waals surface area contributed by atoms with E-state index >= 15 is 8.78 Å². The number of thiazole rings is 1. The highest BCUT2D eigenvalue weighted by Crippen LogP contribution is 2.41. The molecule has 4 aliphatic rings. The van der Waals surface area contributed by atoms with Crippen molar-refractivity contribution in [1.29, 1.82) is 0 Å². The predicted octanol–water partition coefficient (Wildman–Crippen LogP) is 8.51. The Morgan fingerprint density at radius 1 is 0.917 bits per heavy atom. The number of aromatic amines is 1. The molecule has 8 heterocycles. The number of piperazine rings is 1. The number of ketones is 1. The van der Waals surface area contributed by atoms with Gasteiger partial charge < -0.3 is 44.1 Å². The zero-order chi connectivity index (χ0) is 59.1. The number of amides is 2. The fourth-order valence-electron chi connectivity index (χ4n) is 12.7. The third-order valence-electron chi connectivity index (χ3n) is 17.2. The van der Waals surface area contributed by atoms with Gasteiger partial charge >= 0.3 is 0 Å². The van der Waals surface area contributed by atoms with Crippen LogP contribution in [0.3, 0.4) is 0 Å². The fourth-order valence-corrected chi connectivity index (χ4v) is 14.2. The van der Waals surface area contributed by atoms with Gasteiger partial charge in [0.1, 0.15) is 41.0 Å². The molecule has 18 nitrogen and oxygen atoms in total. The third kappa shape index (κ3) is 12.3. The lowest BCUT2D eigenvalue weighted by Gasteiger charge is -2.43. The molecule has 84 heavy (non-hydrogen) atoms. The molecule has 0 spiro atoms. The number of nitrogens with one attached hydrogen (secondary N) is 2. The number of benzene rings is 3. The lowest BCUT2D eigenvalue weighted by Crippen LogP contribution is -2.54. The zero-order valence-electron chi connectivity index (χ0n) is 47.6. The number of nitrogens with zero attached hydrogens (tertiary/aromatic N) is 9. The fraction of sp³-hybridized carbons (Fsp3) is 0.443. The first-order valence-corrected chi connectivity index (χ1v) is 30.5. The first kappa shape index (κ1) is 58.9. The van der Waals surface area contributed by atoms with Gasteiger partial charge in [-0.25, -0.2) is 32.6 Å². The number of fused-ring (bicyclic) bond motifs is 1. The number of carbonyl (C=O) groups is 3. The van der Waals surface area contributed by atoms with Gasteiger partial charge in [0.15, 0.2) is 5.82 Å².